The van der Waals surface area contributed by atoms with Gasteiger partial charge in [-0.05, 0) is 48.1 Å². The Balaban J connectivity index is 1.62. The number of phenolic OH excluding ortho intramolecular Hbond substituents is 1. The van der Waals surface area contributed by atoms with Crippen molar-refractivity contribution >= 4 is 34.6 Å². The molecule has 0 saturated heterocycles. The number of nitrogens with zero attached hydrogens (tertiary/aromatic N) is 1. The second kappa shape index (κ2) is 7.66. The van der Waals surface area contributed by atoms with E-state index in [4.69, 9.17) is 0 Å². The number of para-hydroxylation sites is 1. The second-order valence-electron chi connectivity index (χ2n) is 6.05. The van der Waals surface area contributed by atoms with Gasteiger partial charge in [-0.25, -0.2) is 0 Å². The largest absolute Gasteiger partial charge is 0.508 e. The van der Waals surface area contributed by atoms with Gasteiger partial charge in [-0.3, -0.25) is 9.59 Å². The van der Waals surface area contributed by atoms with Crippen LogP contribution in [-0.2, 0) is 16.6 Å². The molecule has 2 aromatic carbocycles. The van der Waals surface area contributed by atoms with E-state index in [2.05, 4.69) is 0 Å². The fraction of sp³-hybridized carbons (Fsp3) is 0.0909. The third-order valence-corrected chi connectivity index (χ3v) is 4.13. The molecule has 1 N–H and O–H groups in total. The Morgan fingerprint density at radius 3 is 2.31 bits per heavy atom. The molecule has 0 aliphatic carbocycles. The number of phenols is 1. The highest BCUT2D eigenvalue weighted by molar-refractivity contribution is 6.11. The molecule has 0 fully saturated rings. The van der Waals surface area contributed by atoms with E-state index in [1.54, 1.807) is 36.4 Å². The Bertz CT molecular complexity index is 1010. The summed E-state index contributed by atoms with van der Waals surface area (Å²) >= 11 is 0. The molecule has 4 nitrogen and oxygen atoms in total. The summed E-state index contributed by atoms with van der Waals surface area (Å²) in [6.45, 7) is 0. The van der Waals surface area contributed by atoms with Gasteiger partial charge in [-0.15, -0.1) is 0 Å². The molecule has 0 bridgehead atoms. The van der Waals surface area contributed by atoms with Crippen molar-refractivity contribution in [2.45, 2.75) is 6.42 Å². The van der Waals surface area contributed by atoms with E-state index in [1.165, 1.54) is 12.2 Å². The molecule has 1 heterocycles. The molecule has 130 valence electrons. The molecule has 0 atom stereocenters. The van der Waals surface area contributed by atoms with E-state index in [9.17, 15) is 14.7 Å². The Morgan fingerprint density at radius 2 is 1.62 bits per heavy atom. The van der Waals surface area contributed by atoms with Crippen LogP contribution in [0.4, 0.5) is 0 Å². The molecule has 0 radical (unpaired) electrons. The van der Waals surface area contributed by atoms with Gasteiger partial charge in [0.15, 0.2) is 11.6 Å². The number of hydrogen-bond donors (Lipinski definition) is 1. The van der Waals surface area contributed by atoms with Crippen LogP contribution >= 0.6 is 0 Å². The van der Waals surface area contributed by atoms with Crippen molar-refractivity contribution in [1.82, 2.24) is 4.57 Å². The molecule has 26 heavy (non-hydrogen) atoms. The van der Waals surface area contributed by atoms with Crippen molar-refractivity contribution in [3.63, 3.8) is 0 Å². The highest BCUT2D eigenvalue weighted by atomic mass is 16.3. The SMILES string of the molecule is Cn1c(C=CC(=O)CC(=O)C=Cc2ccc(O)cc2)cc2ccccc21. The summed E-state index contributed by atoms with van der Waals surface area (Å²) < 4.78 is 2.01. The fourth-order valence-corrected chi connectivity index (χ4v) is 2.71. The van der Waals surface area contributed by atoms with E-state index >= 15 is 0 Å². The number of aromatic hydroxyl groups is 1. The standard InChI is InChI=1S/C22H19NO3/c1-23-18(14-17-4-2-3-5-22(17)23)9-13-21(26)15-20(25)12-8-16-6-10-19(24)11-7-16/h2-14,24H,15H2,1H3. The third-order valence-electron chi connectivity index (χ3n) is 4.13. The van der Waals surface area contributed by atoms with Gasteiger partial charge < -0.3 is 9.67 Å². The first-order valence-electron chi connectivity index (χ1n) is 8.28. The van der Waals surface area contributed by atoms with Crippen LogP contribution in [-0.4, -0.2) is 21.2 Å². The summed E-state index contributed by atoms with van der Waals surface area (Å²) in [6, 6.07) is 16.5. The Hall–Kier alpha value is -3.40. The number of benzene rings is 2. The monoisotopic (exact) mass is 345 g/mol. The van der Waals surface area contributed by atoms with Crippen molar-refractivity contribution < 1.29 is 14.7 Å². The maximum atomic E-state index is 12.0. The van der Waals surface area contributed by atoms with E-state index in [0.29, 0.717) is 0 Å². The average molecular weight is 345 g/mol. The Labute approximate surface area is 151 Å². The molecule has 0 amide bonds. The molecular weight excluding hydrogens is 326 g/mol. The summed E-state index contributed by atoms with van der Waals surface area (Å²) in [7, 11) is 1.94. The average Bonchev–Trinajstić information content (AvgIpc) is 2.96. The number of aromatic nitrogens is 1. The number of fused-ring (bicyclic) bond motifs is 1. The molecule has 0 aliphatic rings. The van der Waals surface area contributed by atoms with Crippen LogP contribution in [0.25, 0.3) is 23.1 Å². The topological polar surface area (TPSA) is 59.3 Å². The van der Waals surface area contributed by atoms with Crippen LogP contribution in [0.2, 0.25) is 0 Å². The van der Waals surface area contributed by atoms with Crippen molar-refractivity contribution in [3.8, 4) is 5.75 Å². The van der Waals surface area contributed by atoms with Gasteiger partial charge in [0.05, 0.1) is 6.42 Å². The lowest BCUT2D eigenvalue weighted by Crippen LogP contribution is -2.02. The van der Waals surface area contributed by atoms with Crippen LogP contribution in [0.3, 0.4) is 0 Å². The van der Waals surface area contributed by atoms with Gasteiger partial charge in [0.2, 0.25) is 0 Å². The summed E-state index contributed by atoms with van der Waals surface area (Å²) in [4.78, 5) is 23.9. The smallest absolute Gasteiger partial charge is 0.163 e. The van der Waals surface area contributed by atoms with Gasteiger partial charge in [-0.2, -0.15) is 0 Å². The molecule has 0 saturated carbocycles. The molecule has 3 aromatic rings. The van der Waals surface area contributed by atoms with Crippen LogP contribution in [0.5, 0.6) is 5.75 Å². The Kier molecular flexibility index (Phi) is 5.13. The summed E-state index contributed by atoms with van der Waals surface area (Å²) in [5, 5.41) is 10.3. The molecule has 3 rings (SSSR count). The normalized spacial score (nSPS) is 11.6. The van der Waals surface area contributed by atoms with Crippen LogP contribution in [0, 0.1) is 0 Å². The number of carbonyl (C=O) groups is 2. The summed E-state index contributed by atoms with van der Waals surface area (Å²) in [5.41, 5.74) is 2.79. The lowest BCUT2D eigenvalue weighted by Gasteiger charge is -1.98. The lowest BCUT2D eigenvalue weighted by molar-refractivity contribution is -0.121. The highest BCUT2D eigenvalue weighted by Crippen LogP contribution is 2.19. The number of ketones is 2. The number of carbonyl (C=O) groups excluding carboxylic acids is 2. The summed E-state index contributed by atoms with van der Waals surface area (Å²) in [6.07, 6.45) is 6.02. The third kappa shape index (κ3) is 4.16. The van der Waals surface area contributed by atoms with E-state index in [-0.39, 0.29) is 23.7 Å². The molecule has 0 spiro atoms. The summed E-state index contributed by atoms with van der Waals surface area (Å²) in [5.74, 6) is -0.331. The zero-order valence-corrected chi connectivity index (χ0v) is 14.4. The Morgan fingerprint density at radius 1 is 0.962 bits per heavy atom. The van der Waals surface area contributed by atoms with Crippen molar-refractivity contribution in [2.75, 3.05) is 0 Å². The maximum absolute atomic E-state index is 12.0. The fourth-order valence-electron chi connectivity index (χ4n) is 2.71. The first kappa shape index (κ1) is 17.4. The quantitative estimate of drug-likeness (QED) is 0.539. The van der Waals surface area contributed by atoms with Crippen LogP contribution in [0.1, 0.15) is 17.7 Å². The van der Waals surface area contributed by atoms with Gasteiger partial charge in [0.25, 0.3) is 0 Å². The molecule has 0 unspecified atom stereocenters. The highest BCUT2D eigenvalue weighted by Gasteiger charge is 2.06. The van der Waals surface area contributed by atoms with Gasteiger partial charge >= 0.3 is 0 Å². The molecule has 1 aromatic heterocycles. The number of hydrogen-bond acceptors (Lipinski definition) is 3. The maximum Gasteiger partial charge on any atom is 0.163 e. The zero-order valence-electron chi connectivity index (χ0n) is 14.4. The molecule has 4 heteroatoms. The van der Waals surface area contributed by atoms with E-state index < -0.39 is 0 Å². The van der Waals surface area contributed by atoms with E-state index in [1.807, 2.05) is 41.9 Å². The minimum absolute atomic E-state index is 0.169. The van der Waals surface area contributed by atoms with Gasteiger partial charge in [0, 0.05) is 23.6 Å². The zero-order chi connectivity index (χ0) is 18.5. The predicted octanol–water partition coefficient (Wildman–Crippen LogP) is 4.14. The number of rotatable bonds is 6. The number of aryl methyl sites for hydroxylation is 1. The second-order valence-corrected chi connectivity index (χ2v) is 6.05. The van der Waals surface area contributed by atoms with Crippen LogP contribution < -0.4 is 0 Å². The minimum Gasteiger partial charge on any atom is -0.508 e. The van der Waals surface area contributed by atoms with Crippen molar-refractivity contribution in [3.05, 3.63) is 78.0 Å². The van der Waals surface area contributed by atoms with E-state index in [0.717, 1.165) is 22.2 Å². The lowest BCUT2D eigenvalue weighted by atomic mass is 10.1. The molecular formula is C22H19NO3. The minimum atomic E-state index is -0.259. The number of allylic oxidation sites excluding steroid dienone is 2. The van der Waals surface area contributed by atoms with Crippen LogP contribution in [0.15, 0.2) is 66.7 Å². The van der Waals surface area contributed by atoms with Gasteiger partial charge in [0.1, 0.15) is 5.75 Å². The van der Waals surface area contributed by atoms with Crippen molar-refractivity contribution in [1.29, 1.82) is 0 Å². The van der Waals surface area contributed by atoms with Gasteiger partial charge in [-0.1, -0.05) is 36.4 Å². The van der Waals surface area contributed by atoms with Crippen molar-refractivity contribution in [2.24, 2.45) is 7.05 Å². The first-order valence-corrected chi connectivity index (χ1v) is 8.28. The predicted molar refractivity (Wildman–Crippen MR) is 104 cm³/mol. The first-order chi connectivity index (χ1) is 12.5. The molecule has 0 aliphatic heterocycles.